The van der Waals surface area contributed by atoms with Gasteiger partial charge in [-0.05, 0) is 35.6 Å². The number of H-pyrrole nitrogens is 2. The first-order valence-corrected chi connectivity index (χ1v) is 9.54. The highest BCUT2D eigenvalue weighted by atomic mass is 15.3. The molecule has 0 amide bonds. The molecular formula is C20H20N8. The van der Waals surface area contributed by atoms with E-state index in [1.807, 2.05) is 24.7 Å². The van der Waals surface area contributed by atoms with Crippen LogP contribution < -0.4 is 10.2 Å². The first kappa shape index (κ1) is 15.8. The number of piperidine rings is 1. The van der Waals surface area contributed by atoms with Crippen molar-refractivity contribution >= 4 is 16.7 Å². The van der Waals surface area contributed by atoms with Gasteiger partial charge in [0.25, 0.3) is 0 Å². The molecule has 28 heavy (non-hydrogen) atoms. The fourth-order valence-electron chi connectivity index (χ4n) is 4.67. The Kier molecular flexibility index (Phi) is 3.30. The van der Waals surface area contributed by atoms with Crippen molar-refractivity contribution in [2.75, 3.05) is 25.0 Å². The molecule has 0 spiro atoms. The molecule has 1 aliphatic carbocycles. The fraction of sp³-hybridized carbons (Fsp3) is 0.300. The molecule has 2 fully saturated rings. The van der Waals surface area contributed by atoms with Gasteiger partial charge < -0.3 is 10.2 Å². The average Bonchev–Trinajstić information content (AvgIpc) is 3.28. The summed E-state index contributed by atoms with van der Waals surface area (Å²) < 4.78 is 0. The Balaban J connectivity index is 1.33. The van der Waals surface area contributed by atoms with Crippen LogP contribution >= 0.6 is 0 Å². The second-order valence-electron chi connectivity index (χ2n) is 7.67. The molecule has 1 saturated carbocycles. The molecule has 1 aromatic carbocycles. The lowest BCUT2D eigenvalue weighted by Crippen LogP contribution is -2.30. The smallest absolute Gasteiger partial charge is 0.151 e. The molecule has 8 heteroatoms. The SMILES string of the molecule is CN(c1ccc(-c2ccc(-c3cn[nH]c3)c3cn[nH]c23)nn1)C1C2CNCC21. The number of benzene rings is 1. The predicted octanol–water partition coefficient (Wildman–Crippen LogP) is 2.06. The number of aromatic nitrogens is 6. The van der Waals surface area contributed by atoms with Gasteiger partial charge in [-0.25, -0.2) is 0 Å². The Bertz CT molecular complexity index is 1120. The third kappa shape index (κ3) is 2.27. The molecule has 3 N–H and O–H groups in total. The summed E-state index contributed by atoms with van der Waals surface area (Å²) in [7, 11) is 2.12. The van der Waals surface area contributed by atoms with Crippen LogP contribution in [0.1, 0.15) is 0 Å². The van der Waals surface area contributed by atoms with Crippen LogP contribution in [-0.4, -0.2) is 56.8 Å². The molecule has 1 aliphatic heterocycles. The lowest BCUT2D eigenvalue weighted by molar-refractivity contribution is 0.649. The van der Waals surface area contributed by atoms with Gasteiger partial charge in [0, 0.05) is 48.9 Å². The van der Waals surface area contributed by atoms with Crippen LogP contribution in [0.4, 0.5) is 5.82 Å². The number of anilines is 1. The molecular weight excluding hydrogens is 352 g/mol. The van der Waals surface area contributed by atoms with Crippen molar-refractivity contribution in [1.29, 1.82) is 0 Å². The lowest BCUT2D eigenvalue weighted by atomic mass is 10.0. The van der Waals surface area contributed by atoms with Gasteiger partial charge in [0.2, 0.25) is 0 Å². The van der Waals surface area contributed by atoms with Crippen LogP contribution in [0, 0.1) is 11.8 Å². The van der Waals surface area contributed by atoms with Gasteiger partial charge >= 0.3 is 0 Å². The second-order valence-corrected chi connectivity index (χ2v) is 7.67. The molecule has 4 aromatic rings. The molecule has 6 rings (SSSR count). The number of fused-ring (bicyclic) bond motifs is 2. The molecule has 1 saturated heterocycles. The summed E-state index contributed by atoms with van der Waals surface area (Å²) in [6.07, 6.45) is 5.54. The zero-order valence-electron chi connectivity index (χ0n) is 15.4. The van der Waals surface area contributed by atoms with E-state index in [0.29, 0.717) is 6.04 Å². The van der Waals surface area contributed by atoms with E-state index in [4.69, 9.17) is 0 Å². The van der Waals surface area contributed by atoms with Gasteiger partial charge in [-0.3, -0.25) is 10.2 Å². The van der Waals surface area contributed by atoms with Crippen LogP contribution in [0.3, 0.4) is 0 Å². The topological polar surface area (TPSA) is 98.4 Å². The highest BCUT2D eigenvalue weighted by Crippen LogP contribution is 2.46. The zero-order valence-corrected chi connectivity index (χ0v) is 15.4. The molecule has 140 valence electrons. The van der Waals surface area contributed by atoms with Gasteiger partial charge in [-0.1, -0.05) is 6.07 Å². The fourth-order valence-corrected chi connectivity index (χ4v) is 4.67. The number of hydrogen-bond donors (Lipinski definition) is 3. The largest absolute Gasteiger partial charge is 0.355 e. The van der Waals surface area contributed by atoms with Gasteiger partial charge in [0.05, 0.1) is 23.6 Å². The molecule has 2 atom stereocenters. The van der Waals surface area contributed by atoms with Crippen molar-refractivity contribution in [2.45, 2.75) is 6.04 Å². The minimum Gasteiger partial charge on any atom is -0.355 e. The summed E-state index contributed by atoms with van der Waals surface area (Å²) in [6.45, 7) is 2.23. The Morgan fingerprint density at radius 1 is 0.964 bits per heavy atom. The normalized spacial score (nSPS) is 23.1. The van der Waals surface area contributed by atoms with Gasteiger partial charge in [0.15, 0.2) is 5.82 Å². The van der Waals surface area contributed by atoms with Crippen LogP contribution in [0.25, 0.3) is 33.3 Å². The molecule has 0 bridgehead atoms. The molecule has 8 nitrogen and oxygen atoms in total. The van der Waals surface area contributed by atoms with Crippen molar-refractivity contribution in [3.8, 4) is 22.4 Å². The molecule has 2 aliphatic rings. The standard InChI is InChI=1S/C20H20N8/c1-28(20-15-8-21-9-16(15)20)18-5-4-17(25-26-18)13-3-2-12(11-6-22-23-7-11)14-10-24-27-19(13)14/h2-7,10,15-16,20-21H,8-9H2,1H3,(H,22,23)(H,24,27). The van der Waals surface area contributed by atoms with Gasteiger partial charge in [0.1, 0.15) is 0 Å². The van der Waals surface area contributed by atoms with Crippen LogP contribution in [0.2, 0.25) is 0 Å². The van der Waals surface area contributed by atoms with Crippen molar-refractivity contribution in [3.63, 3.8) is 0 Å². The summed E-state index contributed by atoms with van der Waals surface area (Å²) >= 11 is 0. The summed E-state index contributed by atoms with van der Waals surface area (Å²) in [5.41, 5.74) is 4.90. The van der Waals surface area contributed by atoms with Crippen molar-refractivity contribution in [2.24, 2.45) is 11.8 Å². The van der Waals surface area contributed by atoms with E-state index in [2.05, 4.69) is 66.1 Å². The summed E-state index contributed by atoms with van der Waals surface area (Å²) in [4.78, 5) is 2.28. The summed E-state index contributed by atoms with van der Waals surface area (Å²) in [5, 5.41) is 27.8. The maximum Gasteiger partial charge on any atom is 0.151 e. The van der Waals surface area contributed by atoms with E-state index in [9.17, 15) is 0 Å². The van der Waals surface area contributed by atoms with Crippen molar-refractivity contribution < 1.29 is 0 Å². The minimum absolute atomic E-state index is 0.593. The van der Waals surface area contributed by atoms with E-state index in [1.165, 1.54) is 0 Å². The quantitative estimate of drug-likeness (QED) is 0.507. The monoisotopic (exact) mass is 372 g/mol. The van der Waals surface area contributed by atoms with E-state index < -0.39 is 0 Å². The Labute approximate surface area is 161 Å². The maximum atomic E-state index is 4.52. The van der Waals surface area contributed by atoms with Crippen LogP contribution in [0.5, 0.6) is 0 Å². The molecule has 4 heterocycles. The third-order valence-electron chi connectivity index (χ3n) is 6.21. The zero-order chi connectivity index (χ0) is 18.7. The van der Waals surface area contributed by atoms with E-state index in [1.54, 1.807) is 0 Å². The van der Waals surface area contributed by atoms with Gasteiger partial charge in [-0.2, -0.15) is 10.2 Å². The molecule has 3 aromatic heterocycles. The number of nitrogens with zero attached hydrogens (tertiary/aromatic N) is 5. The first-order chi connectivity index (χ1) is 13.8. The van der Waals surface area contributed by atoms with Gasteiger partial charge in [-0.15, -0.1) is 10.2 Å². The van der Waals surface area contributed by atoms with Crippen LogP contribution in [-0.2, 0) is 0 Å². The van der Waals surface area contributed by atoms with Crippen molar-refractivity contribution in [3.05, 3.63) is 42.9 Å². The minimum atomic E-state index is 0.593. The van der Waals surface area contributed by atoms with Crippen LogP contribution in [0.15, 0.2) is 42.9 Å². The molecule has 0 radical (unpaired) electrons. The Hall–Kier alpha value is -3.26. The summed E-state index contributed by atoms with van der Waals surface area (Å²) in [6, 6.07) is 8.85. The third-order valence-corrected chi connectivity index (χ3v) is 6.21. The maximum absolute atomic E-state index is 4.52. The number of aromatic amines is 2. The number of hydrogen-bond acceptors (Lipinski definition) is 6. The first-order valence-electron chi connectivity index (χ1n) is 9.54. The second kappa shape index (κ2) is 5.87. The average molecular weight is 372 g/mol. The number of nitrogens with one attached hydrogen (secondary N) is 3. The summed E-state index contributed by atoms with van der Waals surface area (Å²) in [5.74, 6) is 2.44. The van der Waals surface area contributed by atoms with E-state index >= 15 is 0 Å². The Morgan fingerprint density at radius 2 is 1.82 bits per heavy atom. The van der Waals surface area contributed by atoms with Crippen molar-refractivity contribution in [1.82, 2.24) is 35.9 Å². The Morgan fingerprint density at radius 3 is 2.57 bits per heavy atom. The highest BCUT2D eigenvalue weighted by Gasteiger charge is 2.55. The van der Waals surface area contributed by atoms with E-state index in [-0.39, 0.29) is 0 Å². The highest BCUT2D eigenvalue weighted by molar-refractivity contribution is 6.01. The molecule has 2 unspecified atom stereocenters. The van der Waals surface area contributed by atoms with E-state index in [0.717, 1.165) is 64.0 Å². The predicted molar refractivity (Wildman–Crippen MR) is 107 cm³/mol. The number of rotatable bonds is 4. The lowest BCUT2D eigenvalue weighted by Gasteiger charge is -2.20.